The first-order valence-electron chi connectivity index (χ1n) is 5.48. The molecule has 2 rings (SSSR count). The van der Waals surface area contributed by atoms with E-state index in [1.807, 2.05) is 12.1 Å². The first-order chi connectivity index (χ1) is 8.49. The van der Waals surface area contributed by atoms with Crippen molar-refractivity contribution in [2.45, 2.75) is 12.2 Å². The van der Waals surface area contributed by atoms with Crippen molar-refractivity contribution in [3.05, 3.63) is 36.1 Å². The number of nitrogens with one attached hydrogen (secondary N) is 1. The Morgan fingerprint density at radius 2 is 2.00 bits per heavy atom. The second kappa shape index (κ2) is 4.99. The van der Waals surface area contributed by atoms with E-state index in [4.69, 9.17) is 10.2 Å². The lowest BCUT2D eigenvalue weighted by Crippen LogP contribution is -2.35. The van der Waals surface area contributed by atoms with E-state index in [-0.39, 0.29) is 6.54 Å². The normalized spacial score (nSPS) is 14.0. The summed E-state index contributed by atoms with van der Waals surface area (Å²) in [7, 11) is 0. The van der Waals surface area contributed by atoms with E-state index in [9.17, 15) is 13.2 Å². The molecule has 1 aromatic carbocycles. The molecule has 0 aliphatic heterocycles. The molecule has 1 unspecified atom stereocenters. The predicted molar refractivity (Wildman–Crippen MR) is 62.1 cm³/mol. The summed E-state index contributed by atoms with van der Waals surface area (Å²) in [6.07, 6.45) is -4.26. The van der Waals surface area contributed by atoms with Crippen LogP contribution in [0, 0.1) is 0 Å². The summed E-state index contributed by atoms with van der Waals surface area (Å²) in [6.45, 7) is -1.05. The second-order valence-corrected chi connectivity index (χ2v) is 3.97. The molecular weight excluding hydrogens is 245 g/mol. The van der Waals surface area contributed by atoms with E-state index >= 15 is 0 Å². The molecule has 3 N–H and O–H groups in total. The number of fused-ring (bicyclic) bond motifs is 1. The van der Waals surface area contributed by atoms with Gasteiger partial charge in [0.2, 0.25) is 0 Å². The Kier molecular flexibility index (Phi) is 3.58. The first-order valence-corrected chi connectivity index (χ1v) is 5.48. The van der Waals surface area contributed by atoms with Gasteiger partial charge in [0.05, 0.1) is 12.6 Å². The molecule has 1 heterocycles. The van der Waals surface area contributed by atoms with Gasteiger partial charge in [0.15, 0.2) is 0 Å². The lowest BCUT2D eigenvalue weighted by molar-refractivity contribution is -0.126. The molecule has 18 heavy (non-hydrogen) atoms. The highest BCUT2D eigenvalue weighted by Crippen LogP contribution is 2.24. The average molecular weight is 258 g/mol. The van der Waals surface area contributed by atoms with Gasteiger partial charge in [0.25, 0.3) is 0 Å². The average Bonchev–Trinajstić information content (AvgIpc) is 2.71. The van der Waals surface area contributed by atoms with Crippen molar-refractivity contribution in [3.8, 4) is 0 Å². The van der Waals surface area contributed by atoms with E-state index in [2.05, 4.69) is 5.32 Å². The van der Waals surface area contributed by atoms with Gasteiger partial charge in [-0.25, -0.2) is 0 Å². The number of para-hydroxylation sites is 1. The molecular formula is C12H13F3N2O. The van der Waals surface area contributed by atoms with E-state index in [1.54, 1.807) is 18.2 Å². The Bertz CT molecular complexity index is 488. The van der Waals surface area contributed by atoms with Gasteiger partial charge in [0, 0.05) is 11.9 Å². The minimum Gasteiger partial charge on any atom is -0.459 e. The minimum absolute atomic E-state index is 0.0376. The van der Waals surface area contributed by atoms with Gasteiger partial charge in [-0.05, 0) is 12.1 Å². The molecule has 1 atom stereocenters. The van der Waals surface area contributed by atoms with Crippen LogP contribution in [0.2, 0.25) is 0 Å². The van der Waals surface area contributed by atoms with Gasteiger partial charge >= 0.3 is 6.18 Å². The van der Waals surface area contributed by atoms with Crippen molar-refractivity contribution in [2.75, 3.05) is 13.1 Å². The van der Waals surface area contributed by atoms with E-state index in [0.717, 1.165) is 5.39 Å². The zero-order valence-electron chi connectivity index (χ0n) is 9.50. The van der Waals surface area contributed by atoms with Gasteiger partial charge in [0.1, 0.15) is 11.3 Å². The van der Waals surface area contributed by atoms with Gasteiger partial charge in [-0.3, -0.25) is 5.32 Å². The monoisotopic (exact) mass is 258 g/mol. The van der Waals surface area contributed by atoms with Gasteiger partial charge in [-0.15, -0.1) is 0 Å². The van der Waals surface area contributed by atoms with Crippen LogP contribution >= 0.6 is 0 Å². The summed E-state index contributed by atoms with van der Waals surface area (Å²) < 4.78 is 41.9. The Balaban J connectivity index is 2.16. The topological polar surface area (TPSA) is 51.2 Å². The molecule has 0 saturated heterocycles. The molecule has 2 aromatic rings. The first kappa shape index (κ1) is 12.9. The van der Waals surface area contributed by atoms with Crippen molar-refractivity contribution >= 4 is 11.0 Å². The SMILES string of the molecule is NCC(NCC(F)(F)F)c1cc2ccccc2o1. The molecule has 1 aromatic heterocycles. The van der Waals surface area contributed by atoms with Crippen LogP contribution in [0.25, 0.3) is 11.0 Å². The lowest BCUT2D eigenvalue weighted by Gasteiger charge is -2.15. The summed E-state index contributed by atoms with van der Waals surface area (Å²) in [5, 5.41) is 3.19. The number of halogens is 3. The number of rotatable bonds is 4. The van der Waals surface area contributed by atoms with Crippen LogP contribution < -0.4 is 11.1 Å². The van der Waals surface area contributed by atoms with Crippen LogP contribution in [0.3, 0.4) is 0 Å². The quantitative estimate of drug-likeness (QED) is 0.886. The number of hydrogen-bond donors (Lipinski definition) is 2. The fourth-order valence-electron chi connectivity index (χ4n) is 1.71. The van der Waals surface area contributed by atoms with Crippen LogP contribution in [0.15, 0.2) is 34.7 Å². The summed E-state index contributed by atoms with van der Waals surface area (Å²) in [5.74, 6) is 0.419. The fourth-order valence-corrected chi connectivity index (χ4v) is 1.71. The van der Waals surface area contributed by atoms with Crippen LogP contribution in [0.5, 0.6) is 0 Å². The zero-order chi connectivity index (χ0) is 13.2. The van der Waals surface area contributed by atoms with Crippen molar-refractivity contribution in [3.63, 3.8) is 0 Å². The Labute approximate surface area is 102 Å². The Hall–Kier alpha value is -1.53. The minimum atomic E-state index is -4.26. The molecule has 0 bridgehead atoms. The molecule has 0 amide bonds. The van der Waals surface area contributed by atoms with Crippen molar-refractivity contribution in [1.82, 2.24) is 5.32 Å². The number of nitrogens with two attached hydrogens (primary N) is 1. The van der Waals surface area contributed by atoms with Gasteiger partial charge < -0.3 is 10.2 Å². The molecule has 0 aliphatic carbocycles. The molecule has 0 radical (unpaired) electrons. The predicted octanol–water partition coefficient (Wildman–Crippen LogP) is 2.58. The highest BCUT2D eigenvalue weighted by molar-refractivity contribution is 5.77. The van der Waals surface area contributed by atoms with E-state index in [1.165, 1.54) is 0 Å². The smallest absolute Gasteiger partial charge is 0.401 e. The van der Waals surface area contributed by atoms with Crippen molar-refractivity contribution in [2.24, 2.45) is 5.73 Å². The van der Waals surface area contributed by atoms with Crippen LogP contribution in [-0.4, -0.2) is 19.3 Å². The summed E-state index contributed by atoms with van der Waals surface area (Å²) in [6, 6.07) is 8.30. The van der Waals surface area contributed by atoms with E-state index < -0.39 is 18.8 Å². The maximum absolute atomic E-state index is 12.1. The number of hydrogen-bond acceptors (Lipinski definition) is 3. The fraction of sp³-hybridized carbons (Fsp3) is 0.333. The third-order valence-electron chi connectivity index (χ3n) is 2.57. The highest BCUT2D eigenvalue weighted by atomic mass is 19.4. The second-order valence-electron chi connectivity index (χ2n) is 3.97. The number of alkyl halides is 3. The molecule has 3 nitrogen and oxygen atoms in total. The summed E-state index contributed by atoms with van der Waals surface area (Å²) in [5.41, 5.74) is 6.10. The van der Waals surface area contributed by atoms with Crippen LogP contribution in [0.1, 0.15) is 11.8 Å². The maximum Gasteiger partial charge on any atom is 0.401 e. The third kappa shape index (κ3) is 3.02. The zero-order valence-corrected chi connectivity index (χ0v) is 9.50. The van der Waals surface area contributed by atoms with Crippen LogP contribution in [0.4, 0.5) is 13.2 Å². The van der Waals surface area contributed by atoms with Crippen LogP contribution in [-0.2, 0) is 0 Å². The molecule has 0 spiro atoms. The van der Waals surface area contributed by atoms with E-state index in [0.29, 0.717) is 11.3 Å². The molecule has 98 valence electrons. The molecule has 0 saturated carbocycles. The Morgan fingerprint density at radius 3 is 2.61 bits per heavy atom. The lowest BCUT2D eigenvalue weighted by atomic mass is 10.2. The van der Waals surface area contributed by atoms with Gasteiger partial charge in [-0.1, -0.05) is 18.2 Å². The number of benzene rings is 1. The van der Waals surface area contributed by atoms with Crippen molar-refractivity contribution in [1.29, 1.82) is 0 Å². The molecule has 0 fully saturated rings. The largest absolute Gasteiger partial charge is 0.459 e. The summed E-state index contributed by atoms with van der Waals surface area (Å²) >= 11 is 0. The van der Waals surface area contributed by atoms with Crippen molar-refractivity contribution < 1.29 is 17.6 Å². The number of furan rings is 1. The van der Waals surface area contributed by atoms with Gasteiger partial charge in [-0.2, -0.15) is 13.2 Å². The molecule has 6 heteroatoms. The highest BCUT2D eigenvalue weighted by Gasteiger charge is 2.28. The molecule has 0 aliphatic rings. The standard InChI is InChI=1S/C12H13F3N2O/c13-12(14,15)7-17-9(6-16)11-5-8-3-1-2-4-10(8)18-11/h1-5,9,17H,6-7,16H2. The Morgan fingerprint density at radius 1 is 1.28 bits per heavy atom. The summed E-state index contributed by atoms with van der Waals surface area (Å²) in [4.78, 5) is 0. The maximum atomic E-state index is 12.1. The third-order valence-corrected chi connectivity index (χ3v) is 2.57.